The van der Waals surface area contributed by atoms with Gasteiger partial charge in [0.2, 0.25) is 20.0 Å². The van der Waals surface area contributed by atoms with E-state index >= 15 is 0 Å². The highest BCUT2D eigenvalue weighted by Gasteiger charge is 2.29. The van der Waals surface area contributed by atoms with Crippen LogP contribution in [0.3, 0.4) is 0 Å². The van der Waals surface area contributed by atoms with E-state index in [1.807, 2.05) is 0 Å². The average Bonchev–Trinajstić information content (AvgIpc) is 3.33. The minimum Gasteiger partial charge on any atom is -0.208 e. The van der Waals surface area contributed by atoms with Crippen LogP contribution in [-0.4, -0.2) is 28.9 Å². The molecule has 0 unspecified atom stereocenters. The molecule has 6 nitrogen and oxygen atoms in total. The van der Waals surface area contributed by atoms with Crippen LogP contribution in [0.5, 0.6) is 0 Å². The van der Waals surface area contributed by atoms with Crippen LogP contribution in [0.15, 0.2) is 34.1 Å². The number of hydrogen-bond donors (Lipinski definition) is 2. The predicted octanol–water partition coefficient (Wildman–Crippen LogP) is 1.98. The van der Waals surface area contributed by atoms with Crippen LogP contribution < -0.4 is 9.44 Å². The van der Waals surface area contributed by atoms with Crippen molar-refractivity contribution < 1.29 is 16.8 Å². The Kier molecular flexibility index (Phi) is 5.01. The molecule has 8 heteroatoms. The third-order valence-corrected chi connectivity index (χ3v) is 7.80. The van der Waals surface area contributed by atoms with E-state index in [0.717, 1.165) is 38.5 Å². The number of hydrogen-bond acceptors (Lipinski definition) is 4. The Morgan fingerprint density at radius 2 is 1.29 bits per heavy atom. The molecule has 2 atom stereocenters. The molecular formula is C16H24N2O4S2. The lowest BCUT2D eigenvalue weighted by Gasteiger charge is -2.29. The summed E-state index contributed by atoms with van der Waals surface area (Å²) in [6, 6.07) is 5.39. The lowest BCUT2D eigenvalue weighted by molar-refractivity contribution is 0.310. The van der Waals surface area contributed by atoms with E-state index in [0.29, 0.717) is 5.92 Å². The summed E-state index contributed by atoms with van der Waals surface area (Å²) >= 11 is 0. The molecule has 24 heavy (non-hydrogen) atoms. The Morgan fingerprint density at radius 3 is 1.79 bits per heavy atom. The standard InChI is InChI=1S/C16H24N2O4S2/c1-12-4-2-3-5-16(12)18-24(21,22)15-10-8-14(9-11-15)23(19,20)17-13-6-7-13/h8-13,16-18H,2-7H2,1H3/t12-,16-/m1/s1. The van der Waals surface area contributed by atoms with Gasteiger partial charge in [0, 0.05) is 12.1 Å². The molecule has 1 aromatic rings. The second-order valence-electron chi connectivity index (χ2n) is 6.86. The average molecular weight is 373 g/mol. The van der Waals surface area contributed by atoms with Crippen LogP contribution in [0.4, 0.5) is 0 Å². The van der Waals surface area contributed by atoms with Gasteiger partial charge in [0.1, 0.15) is 0 Å². The molecule has 0 amide bonds. The fraction of sp³-hybridized carbons (Fsp3) is 0.625. The van der Waals surface area contributed by atoms with E-state index < -0.39 is 20.0 Å². The number of sulfonamides is 2. The first kappa shape index (κ1) is 17.8. The SMILES string of the molecule is C[C@@H]1CCCC[C@H]1NS(=O)(=O)c1ccc(S(=O)(=O)NC2CC2)cc1. The van der Waals surface area contributed by atoms with E-state index in [4.69, 9.17) is 0 Å². The van der Waals surface area contributed by atoms with Gasteiger partial charge in [0.25, 0.3) is 0 Å². The fourth-order valence-electron chi connectivity index (χ4n) is 3.05. The number of rotatable bonds is 6. The lowest BCUT2D eigenvalue weighted by Crippen LogP contribution is -2.40. The maximum absolute atomic E-state index is 12.5. The first-order valence-corrected chi connectivity index (χ1v) is 11.4. The van der Waals surface area contributed by atoms with E-state index in [-0.39, 0.29) is 21.9 Å². The first-order chi connectivity index (χ1) is 11.3. The quantitative estimate of drug-likeness (QED) is 0.799. The summed E-state index contributed by atoms with van der Waals surface area (Å²) in [6.07, 6.45) is 5.75. The predicted molar refractivity (Wildman–Crippen MR) is 91.5 cm³/mol. The summed E-state index contributed by atoms with van der Waals surface area (Å²) in [6.45, 7) is 2.06. The normalized spacial score (nSPS) is 25.5. The van der Waals surface area contributed by atoms with Gasteiger partial charge < -0.3 is 0 Å². The second kappa shape index (κ2) is 6.74. The van der Waals surface area contributed by atoms with Gasteiger partial charge >= 0.3 is 0 Å². The Labute approximate surface area is 144 Å². The van der Waals surface area contributed by atoms with Crippen LogP contribution in [0.25, 0.3) is 0 Å². The van der Waals surface area contributed by atoms with E-state index in [9.17, 15) is 16.8 Å². The molecule has 0 bridgehead atoms. The van der Waals surface area contributed by atoms with Crippen LogP contribution in [-0.2, 0) is 20.0 Å². The maximum atomic E-state index is 12.5. The third kappa shape index (κ3) is 4.17. The van der Waals surface area contributed by atoms with Crippen molar-refractivity contribution in [1.82, 2.24) is 9.44 Å². The summed E-state index contributed by atoms with van der Waals surface area (Å²) in [4.78, 5) is 0.199. The topological polar surface area (TPSA) is 92.3 Å². The van der Waals surface area contributed by atoms with Crippen molar-refractivity contribution in [1.29, 1.82) is 0 Å². The molecule has 2 N–H and O–H groups in total. The lowest BCUT2D eigenvalue weighted by atomic mass is 9.87. The molecule has 0 aliphatic heterocycles. The fourth-order valence-corrected chi connectivity index (χ4v) is 5.73. The van der Waals surface area contributed by atoms with Crippen LogP contribution in [0.2, 0.25) is 0 Å². The van der Waals surface area contributed by atoms with Gasteiger partial charge in [0.15, 0.2) is 0 Å². The summed E-state index contributed by atoms with van der Waals surface area (Å²) in [5, 5.41) is 0. The van der Waals surface area contributed by atoms with Gasteiger partial charge in [-0.25, -0.2) is 26.3 Å². The van der Waals surface area contributed by atoms with Crippen molar-refractivity contribution >= 4 is 20.0 Å². The summed E-state index contributed by atoms with van der Waals surface area (Å²) in [7, 11) is -7.19. The zero-order valence-electron chi connectivity index (χ0n) is 13.7. The molecular weight excluding hydrogens is 348 g/mol. The Balaban J connectivity index is 1.74. The van der Waals surface area contributed by atoms with Crippen molar-refractivity contribution in [2.24, 2.45) is 5.92 Å². The molecule has 3 rings (SSSR count). The van der Waals surface area contributed by atoms with Gasteiger partial charge in [-0.3, -0.25) is 0 Å². The molecule has 0 spiro atoms. The van der Waals surface area contributed by atoms with Crippen molar-refractivity contribution in [2.45, 2.75) is 67.3 Å². The third-order valence-electron chi connectivity index (χ3n) is 4.76. The molecule has 134 valence electrons. The first-order valence-electron chi connectivity index (χ1n) is 8.43. The highest BCUT2D eigenvalue weighted by atomic mass is 32.2. The summed E-state index contributed by atoms with van der Waals surface area (Å²) < 4.78 is 54.6. The number of benzene rings is 1. The smallest absolute Gasteiger partial charge is 0.208 e. The van der Waals surface area contributed by atoms with Gasteiger partial charge in [0.05, 0.1) is 9.79 Å². The van der Waals surface area contributed by atoms with E-state index in [1.54, 1.807) is 0 Å². The van der Waals surface area contributed by atoms with Crippen molar-refractivity contribution in [3.8, 4) is 0 Å². The van der Waals surface area contributed by atoms with Crippen molar-refractivity contribution in [3.05, 3.63) is 24.3 Å². The molecule has 2 aliphatic carbocycles. The summed E-state index contributed by atoms with van der Waals surface area (Å²) in [5.41, 5.74) is 0. The van der Waals surface area contributed by atoms with Crippen molar-refractivity contribution in [2.75, 3.05) is 0 Å². The minimum absolute atomic E-state index is 0.0212. The number of nitrogens with one attached hydrogen (secondary N) is 2. The van der Waals surface area contributed by atoms with Crippen molar-refractivity contribution in [3.63, 3.8) is 0 Å². The highest BCUT2D eigenvalue weighted by molar-refractivity contribution is 7.90. The second-order valence-corrected chi connectivity index (χ2v) is 10.3. The molecule has 0 aromatic heterocycles. The Hall–Kier alpha value is -0.960. The van der Waals surface area contributed by atoms with Crippen LogP contribution >= 0.6 is 0 Å². The van der Waals surface area contributed by atoms with Gasteiger partial charge in [-0.15, -0.1) is 0 Å². The Morgan fingerprint density at radius 1 is 0.792 bits per heavy atom. The molecule has 1 aromatic carbocycles. The summed E-state index contributed by atoms with van der Waals surface area (Å²) in [5.74, 6) is 0.316. The monoisotopic (exact) mass is 372 g/mol. The zero-order chi connectivity index (χ0) is 17.4. The zero-order valence-corrected chi connectivity index (χ0v) is 15.4. The molecule has 0 radical (unpaired) electrons. The molecule has 0 heterocycles. The van der Waals surface area contributed by atoms with Gasteiger partial charge in [-0.2, -0.15) is 0 Å². The largest absolute Gasteiger partial charge is 0.240 e. The molecule has 2 fully saturated rings. The van der Waals surface area contributed by atoms with Crippen LogP contribution in [0, 0.1) is 5.92 Å². The van der Waals surface area contributed by atoms with Gasteiger partial charge in [-0.05, 0) is 55.9 Å². The Bertz CT molecular complexity index is 784. The molecule has 0 saturated heterocycles. The van der Waals surface area contributed by atoms with Gasteiger partial charge in [-0.1, -0.05) is 19.8 Å². The molecule has 2 aliphatic rings. The van der Waals surface area contributed by atoms with E-state index in [1.165, 1.54) is 24.3 Å². The minimum atomic E-state index is -3.63. The molecule has 2 saturated carbocycles. The highest BCUT2D eigenvalue weighted by Crippen LogP contribution is 2.26. The van der Waals surface area contributed by atoms with Crippen LogP contribution in [0.1, 0.15) is 45.4 Å². The maximum Gasteiger partial charge on any atom is 0.240 e. The van der Waals surface area contributed by atoms with E-state index in [2.05, 4.69) is 16.4 Å².